The quantitative estimate of drug-likeness (QED) is 0.663. The Balaban J connectivity index is 1.84. The summed E-state index contributed by atoms with van der Waals surface area (Å²) >= 11 is 13.2. The summed E-state index contributed by atoms with van der Waals surface area (Å²) in [4.78, 5) is 23.7. The number of carbonyl (C=O) groups excluding carboxylic acids is 2. The summed E-state index contributed by atoms with van der Waals surface area (Å²) in [5, 5.41) is 22.9. The van der Waals surface area contributed by atoms with Crippen LogP contribution < -0.4 is 0 Å². The van der Waals surface area contributed by atoms with Crippen molar-refractivity contribution in [1.29, 1.82) is 0 Å². The molecule has 4 aliphatic rings. The minimum atomic E-state index is -1.56. The van der Waals surface area contributed by atoms with Crippen molar-refractivity contribution in [3.05, 3.63) is 23.8 Å². The first kappa shape index (κ1) is 20.6. The Labute approximate surface area is 176 Å². The van der Waals surface area contributed by atoms with E-state index < -0.39 is 27.4 Å². The molecule has 0 heterocycles. The van der Waals surface area contributed by atoms with E-state index in [0.717, 1.165) is 18.4 Å². The topological polar surface area (TPSA) is 74.6 Å². The van der Waals surface area contributed by atoms with Crippen LogP contribution in [-0.2, 0) is 9.59 Å². The number of hydrogen-bond acceptors (Lipinski definition) is 4. The van der Waals surface area contributed by atoms with E-state index in [1.54, 1.807) is 12.2 Å². The molecule has 4 rings (SSSR count). The minimum Gasteiger partial charge on any atom is -0.391 e. The van der Waals surface area contributed by atoms with Crippen molar-refractivity contribution in [1.82, 2.24) is 0 Å². The number of aliphatic hydroxyl groups excluding tert-OH is 1. The van der Waals surface area contributed by atoms with E-state index in [-0.39, 0.29) is 41.6 Å². The van der Waals surface area contributed by atoms with Gasteiger partial charge in [0, 0.05) is 10.8 Å². The smallest absolute Gasteiger partial charge is 0.179 e. The van der Waals surface area contributed by atoms with Gasteiger partial charge in [-0.25, -0.2) is 0 Å². The fourth-order valence-corrected chi connectivity index (χ4v) is 7.97. The normalized spacial score (nSPS) is 52.5. The van der Waals surface area contributed by atoms with Crippen LogP contribution in [0.3, 0.4) is 0 Å². The van der Waals surface area contributed by atoms with Crippen molar-refractivity contribution in [2.45, 2.75) is 63.0 Å². The first-order chi connectivity index (χ1) is 13.0. The van der Waals surface area contributed by atoms with Crippen LogP contribution in [0.15, 0.2) is 23.8 Å². The molecule has 28 heavy (non-hydrogen) atoms. The number of fused-ring (bicyclic) bond motifs is 5. The Morgan fingerprint density at radius 2 is 2.00 bits per heavy atom. The van der Waals surface area contributed by atoms with Crippen LogP contribution in [0.2, 0.25) is 0 Å². The van der Waals surface area contributed by atoms with Crippen molar-refractivity contribution in [3.63, 3.8) is 0 Å². The lowest BCUT2D eigenvalue weighted by molar-refractivity contribution is -0.175. The van der Waals surface area contributed by atoms with Crippen LogP contribution in [-0.4, -0.2) is 44.2 Å². The van der Waals surface area contributed by atoms with Gasteiger partial charge in [-0.1, -0.05) is 32.4 Å². The van der Waals surface area contributed by atoms with Crippen LogP contribution in [0.25, 0.3) is 0 Å². The molecule has 6 heteroatoms. The van der Waals surface area contributed by atoms with E-state index in [1.165, 1.54) is 0 Å². The maximum atomic E-state index is 12.7. The molecule has 0 saturated heterocycles. The van der Waals surface area contributed by atoms with Gasteiger partial charge in [-0.3, -0.25) is 9.59 Å². The highest BCUT2D eigenvalue weighted by molar-refractivity contribution is 6.29. The third-order valence-electron chi connectivity index (χ3n) is 8.77. The molecule has 0 amide bonds. The predicted molar refractivity (Wildman–Crippen MR) is 108 cm³/mol. The Kier molecular flexibility index (Phi) is 4.53. The fourth-order valence-electron chi connectivity index (χ4n) is 7.24. The summed E-state index contributed by atoms with van der Waals surface area (Å²) in [6, 6.07) is 0. The molecule has 0 bridgehead atoms. The number of alkyl halides is 2. The minimum absolute atomic E-state index is 0.00929. The summed E-state index contributed by atoms with van der Waals surface area (Å²) in [6.45, 7) is 5.81. The average molecular weight is 427 g/mol. The molecule has 0 aromatic carbocycles. The summed E-state index contributed by atoms with van der Waals surface area (Å²) in [5.41, 5.74) is -2.01. The van der Waals surface area contributed by atoms with E-state index in [2.05, 4.69) is 0 Å². The standard InChI is InChI=1S/C22H28Cl2O4/c1-12-8-16-15-5-4-13-9-14(25)6-7-19(13,2)21(15,24)17(26)10-20(16,3)22(12,28)18(27)11-23/h6-7,9,12,15-17,26,28H,4-5,8,10-11H2,1-3H3/t12-,15?,16?,17+,19+,20+,21+,22+/m1/s1. The average Bonchev–Trinajstić information content (AvgIpc) is 2.84. The van der Waals surface area contributed by atoms with Crippen LogP contribution in [0.1, 0.15) is 46.5 Å². The van der Waals surface area contributed by atoms with Gasteiger partial charge in [0.2, 0.25) is 0 Å². The molecular formula is C22H28Cl2O4. The number of Topliss-reactive ketones (excluding diaryl/α,β-unsaturated/α-hetero) is 1. The van der Waals surface area contributed by atoms with E-state index in [0.29, 0.717) is 6.42 Å². The maximum absolute atomic E-state index is 12.7. The molecular weight excluding hydrogens is 399 g/mol. The highest BCUT2D eigenvalue weighted by atomic mass is 35.5. The van der Waals surface area contributed by atoms with E-state index in [9.17, 15) is 19.8 Å². The SMILES string of the molecule is C[C@@H]1CC2C3CCC4=CC(=O)C=C[C@]4(C)[C@@]3(Cl)[C@@H](O)C[C@]2(C)[C@@]1(O)C(=O)CCl. The number of hydrogen-bond donors (Lipinski definition) is 2. The van der Waals surface area contributed by atoms with Gasteiger partial charge in [0.1, 0.15) is 5.60 Å². The van der Waals surface area contributed by atoms with Crippen molar-refractivity contribution in [3.8, 4) is 0 Å². The van der Waals surface area contributed by atoms with E-state index in [4.69, 9.17) is 23.2 Å². The Morgan fingerprint density at radius 1 is 1.32 bits per heavy atom. The molecule has 0 aromatic heterocycles. The molecule has 2 N–H and O–H groups in total. The number of rotatable bonds is 2. The first-order valence-corrected chi connectivity index (χ1v) is 11.0. The molecule has 0 aliphatic heterocycles. The van der Waals surface area contributed by atoms with Crippen LogP contribution in [0.4, 0.5) is 0 Å². The molecule has 0 spiro atoms. The molecule has 8 atom stereocenters. The van der Waals surface area contributed by atoms with Gasteiger partial charge in [-0.05, 0) is 55.6 Å². The van der Waals surface area contributed by atoms with Crippen molar-refractivity contribution >= 4 is 34.8 Å². The third-order valence-corrected chi connectivity index (χ3v) is 9.94. The van der Waals surface area contributed by atoms with E-state index >= 15 is 0 Å². The second-order valence-corrected chi connectivity index (χ2v) is 10.6. The summed E-state index contributed by atoms with van der Waals surface area (Å²) in [7, 11) is 0. The summed E-state index contributed by atoms with van der Waals surface area (Å²) < 4.78 is 0. The van der Waals surface area contributed by atoms with E-state index in [1.807, 2.05) is 26.8 Å². The highest BCUT2D eigenvalue weighted by Gasteiger charge is 2.74. The van der Waals surface area contributed by atoms with Crippen molar-refractivity contribution < 1.29 is 19.8 Å². The first-order valence-electron chi connectivity index (χ1n) is 10.1. The number of allylic oxidation sites excluding steroid dienone is 4. The molecule has 2 unspecified atom stereocenters. The Bertz CT molecular complexity index is 806. The second kappa shape index (κ2) is 6.16. The summed E-state index contributed by atoms with van der Waals surface area (Å²) in [6.07, 6.45) is 6.47. The molecule has 3 fully saturated rings. The van der Waals surface area contributed by atoms with Crippen LogP contribution >= 0.6 is 23.2 Å². The van der Waals surface area contributed by atoms with Gasteiger partial charge in [0.05, 0.1) is 16.9 Å². The van der Waals surface area contributed by atoms with Gasteiger partial charge in [0.15, 0.2) is 11.6 Å². The number of carbonyl (C=O) groups is 2. The second-order valence-electron chi connectivity index (χ2n) is 9.72. The lowest BCUT2D eigenvalue weighted by atomic mass is 9.45. The fraction of sp³-hybridized carbons (Fsp3) is 0.727. The molecule has 3 saturated carbocycles. The van der Waals surface area contributed by atoms with Gasteiger partial charge < -0.3 is 10.2 Å². The third kappa shape index (κ3) is 2.16. The molecule has 0 aromatic rings. The van der Waals surface area contributed by atoms with Gasteiger partial charge in [-0.15, -0.1) is 23.2 Å². The highest BCUT2D eigenvalue weighted by Crippen LogP contribution is 2.71. The molecule has 154 valence electrons. The van der Waals surface area contributed by atoms with Gasteiger partial charge in [0.25, 0.3) is 0 Å². The Morgan fingerprint density at radius 3 is 2.64 bits per heavy atom. The number of halogens is 2. The number of ketones is 2. The van der Waals surface area contributed by atoms with Gasteiger partial charge in [-0.2, -0.15) is 0 Å². The van der Waals surface area contributed by atoms with Crippen LogP contribution in [0, 0.1) is 28.6 Å². The zero-order valence-corrected chi connectivity index (χ0v) is 18.1. The van der Waals surface area contributed by atoms with Crippen LogP contribution in [0.5, 0.6) is 0 Å². The maximum Gasteiger partial charge on any atom is 0.179 e. The lowest BCUT2D eigenvalue weighted by Crippen LogP contribution is -2.68. The zero-order valence-electron chi connectivity index (χ0n) is 16.5. The zero-order chi connectivity index (χ0) is 20.7. The van der Waals surface area contributed by atoms with Crippen molar-refractivity contribution in [2.75, 3.05) is 5.88 Å². The molecule has 4 aliphatic carbocycles. The lowest BCUT2D eigenvalue weighted by Gasteiger charge is -2.63. The largest absolute Gasteiger partial charge is 0.391 e. The van der Waals surface area contributed by atoms with Crippen molar-refractivity contribution in [2.24, 2.45) is 28.6 Å². The number of aliphatic hydroxyl groups is 2. The Hall–Kier alpha value is -0.680. The molecule has 4 nitrogen and oxygen atoms in total. The monoisotopic (exact) mass is 426 g/mol. The predicted octanol–water partition coefficient (Wildman–Crippen LogP) is 3.41. The van der Waals surface area contributed by atoms with Gasteiger partial charge >= 0.3 is 0 Å². The summed E-state index contributed by atoms with van der Waals surface area (Å²) in [5.74, 6) is -1.00. The molecule has 0 radical (unpaired) electrons.